The third-order valence-electron chi connectivity index (χ3n) is 2.06. The Balaban J connectivity index is 1.95. The first-order valence-electron chi connectivity index (χ1n) is 4.78. The molecule has 1 amide bonds. The first kappa shape index (κ1) is 10.2. The van der Waals surface area contributed by atoms with Gasteiger partial charge < -0.3 is 15.6 Å². The van der Waals surface area contributed by atoms with E-state index in [-0.39, 0.29) is 5.91 Å². The molecule has 0 aliphatic carbocycles. The number of nitrogen functional groups attached to an aromatic ring is 1. The lowest BCUT2D eigenvalue weighted by molar-refractivity contribution is -0.115. The van der Waals surface area contributed by atoms with Gasteiger partial charge in [-0.05, 0) is 17.7 Å². The Morgan fingerprint density at radius 3 is 2.75 bits per heavy atom. The van der Waals surface area contributed by atoms with Gasteiger partial charge in [-0.2, -0.15) is 0 Å². The zero-order chi connectivity index (χ0) is 11.4. The minimum atomic E-state index is -0.118. The number of nitrogens with two attached hydrogens (primary N) is 1. The van der Waals surface area contributed by atoms with Gasteiger partial charge in [0.2, 0.25) is 5.91 Å². The molecular formula is C11H11N3O2. The predicted octanol–water partition coefficient (Wildman–Crippen LogP) is 1.44. The molecule has 3 N–H and O–H groups in total. The van der Waals surface area contributed by atoms with Crippen molar-refractivity contribution in [1.82, 2.24) is 5.16 Å². The topological polar surface area (TPSA) is 81.2 Å². The molecule has 1 aromatic carbocycles. The monoisotopic (exact) mass is 217 g/mol. The summed E-state index contributed by atoms with van der Waals surface area (Å²) in [5.41, 5.74) is 7.69. The second kappa shape index (κ2) is 4.48. The van der Waals surface area contributed by atoms with E-state index in [0.717, 1.165) is 5.56 Å². The summed E-state index contributed by atoms with van der Waals surface area (Å²) in [6.45, 7) is 0. The average Bonchev–Trinajstić information content (AvgIpc) is 2.74. The van der Waals surface area contributed by atoms with E-state index in [1.165, 1.54) is 12.5 Å². The standard InChI is InChI=1S/C11H11N3O2/c12-9-3-1-8(2-4-9)5-11(15)14-10-6-13-16-7-10/h1-4,6-7H,5,12H2,(H,14,15). The molecular weight excluding hydrogens is 206 g/mol. The second-order valence-corrected chi connectivity index (χ2v) is 3.38. The summed E-state index contributed by atoms with van der Waals surface area (Å²) >= 11 is 0. The van der Waals surface area contributed by atoms with Crippen LogP contribution in [0.25, 0.3) is 0 Å². The highest BCUT2D eigenvalue weighted by molar-refractivity contribution is 5.91. The van der Waals surface area contributed by atoms with Crippen molar-refractivity contribution in [1.29, 1.82) is 0 Å². The lowest BCUT2D eigenvalue weighted by atomic mass is 10.1. The summed E-state index contributed by atoms with van der Waals surface area (Å²) in [6.07, 6.45) is 3.12. The summed E-state index contributed by atoms with van der Waals surface area (Å²) in [5, 5.41) is 6.15. The van der Waals surface area contributed by atoms with Crippen LogP contribution in [-0.2, 0) is 11.2 Å². The maximum atomic E-state index is 11.6. The second-order valence-electron chi connectivity index (χ2n) is 3.38. The number of rotatable bonds is 3. The van der Waals surface area contributed by atoms with Crippen molar-refractivity contribution in [3.8, 4) is 0 Å². The van der Waals surface area contributed by atoms with Gasteiger partial charge in [0, 0.05) is 5.69 Å². The van der Waals surface area contributed by atoms with Gasteiger partial charge in [0.05, 0.1) is 12.6 Å². The first-order chi connectivity index (χ1) is 7.74. The van der Waals surface area contributed by atoms with Gasteiger partial charge in [0.25, 0.3) is 0 Å². The molecule has 0 unspecified atom stereocenters. The van der Waals surface area contributed by atoms with Crippen LogP contribution in [0.2, 0.25) is 0 Å². The molecule has 0 atom stereocenters. The van der Waals surface area contributed by atoms with E-state index in [0.29, 0.717) is 17.8 Å². The van der Waals surface area contributed by atoms with Crippen molar-refractivity contribution in [2.45, 2.75) is 6.42 Å². The Morgan fingerprint density at radius 1 is 1.38 bits per heavy atom. The van der Waals surface area contributed by atoms with Crippen molar-refractivity contribution in [3.05, 3.63) is 42.3 Å². The SMILES string of the molecule is Nc1ccc(CC(=O)Nc2cnoc2)cc1. The molecule has 1 aromatic heterocycles. The highest BCUT2D eigenvalue weighted by Gasteiger charge is 2.04. The summed E-state index contributed by atoms with van der Waals surface area (Å²) in [6, 6.07) is 7.18. The van der Waals surface area contributed by atoms with Gasteiger partial charge in [-0.25, -0.2) is 0 Å². The number of carbonyl (C=O) groups excluding carboxylic acids is 1. The molecule has 0 radical (unpaired) electrons. The normalized spacial score (nSPS) is 10.0. The summed E-state index contributed by atoms with van der Waals surface area (Å²) in [4.78, 5) is 11.6. The Bertz CT molecular complexity index is 462. The number of hydrogen-bond donors (Lipinski definition) is 2. The Labute approximate surface area is 92.2 Å². The van der Waals surface area contributed by atoms with E-state index in [1.54, 1.807) is 12.1 Å². The van der Waals surface area contributed by atoms with Crippen molar-refractivity contribution in [2.24, 2.45) is 0 Å². The number of nitrogens with zero attached hydrogens (tertiary/aromatic N) is 1. The fourth-order valence-electron chi connectivity index (χ4n) is 1.29. The molecule has 5 nitrogen and oxygen atoms in total. The van der Waals surface area contributed by atoms with E-state index in [9.17, 15) is 4.79 Å². The minimum Gasteiger partial charge on any atom is -0.399 e. The first-order valence-corrected chi connectivity index (χ1v) is 4.78. The van der Waals surface area contributed by atoms with Crippen molar-refractivity contribution in [2.75, 3.05) is 11.1 Å². The summed E-state index contributed by atoms with van der Waals surface area (Å²) in [5.74, 6) is -0.118. The van der Waals surface area contributed by atoms with Crippen LogP contribution in [0.3, 0.4) is 0 Å². The van der Waals surface area contributed by atoms with Crippen LogP contribution in [0.5, 0.6) is 0 Å². The quantitative estimate of drug-likeness (QED) is 0.762. The van der Waals surface area contributed by atoms with Crippen LogP contribution in [-0.4, -0.2) is 11.1 Å². The molecule has 0 aliphatic heterocycles. The Kier molecular flexibility index (Phi) is 2.86. The highest BCUT2D eigenvalue weighted by atomic mass is 16.5. The molecule has 82 valence electrons. The smallest absolute Gasteiger partial charge is 0.228 e. The fourth-order valence-corrected chi connectivity index (χ4v) is 1.29. The van der Waals surface area contributed by atoms with E-state index in [1.807, 2.05) is 12.1 Å². The number of amides is 1. The van der Waals surface area contributed by atoms with Crippen LogP contribution in [0.4, 0.5) is 11.4 Å². The average molecular weight is 217 g/mol. The van der Waals surface area contributed by atoms with Crippen molar-refractivity contribution in [3.63, 3.8) is 0 Å². The number of aromatic nitrogens is 1. The lowest BCUT2D eigenvalue weighted by Gasteiger charge is -2.02. The van der Waals surface area contributed by atoms with Crippen LogP contribution >= 0.6 is 0 Å². The zero-order valence-electron chi connectivity index (χ0n) is 8.51. The third kappa shape index (κ3) is 2.60. The van der Waals surface area contributed by atoms with E-state index < -0.39 is 0 Å². The highest BCUT2D eigenvalue weighted by Crippen LogP contribution is 2.08. The predicted molar refractivity (Wildman–Crippen MR) is 59.7 cm³/mol. The van der Waals surface area contributed by atoms with Crippen LogP contribution in [0.1, 0.15) is 5.56 Å². The third-order valence-corrected chi connectivity index (χ3v) is 2.06. The molecule has 2 aromatic rings. The summed E-state index contributed by atoms with van der Waals surface area (Å²) < 4.78 is 4.60. The number of nitrogens with one attached hydrogen (secondary N) is 1. The molecule has 16 heavy (non-hydrogen) atoms. The molecule has 0 aliphatic rings. The molecule has 0 bridgehead atoms. The van der Waals surface area contributed by atoms with Crippen LogP contribution in [0, 0.1) is 0 Å². The van der Waals surface area contributed by atoms with E-state index >= 15 is 0 Å². The molecule has 0 saturated heterocycles. The van der Waals surface area contributed by atoms with Gasteiger partial charge >= 0.3 is 0 Å². The Hall–Kier alpha value is -2.30. The largest absolute Gasteiger partial charge is 0.399 e. The zero-order valence-corrected chi connectivity index (χ0v) is 8.51. The molecule has 5 heteroatoms. The van der Waals surface area contributed by atoms with Gasteiger partial charge in [0.15, 0.2) is 0 Å². The molecule has 0 saturated carbocycles. The number of anilines is 2. The molecule has 0 fully saturated rings. The van der Waals surface area contributed by atoms with Crippen LogP contribution in [0.15, 0.2) is 41.2 Å². The van der Waals surface area contributed by atoms with Crippen molar-refractivity contribution < 1.29 is 9.32 Å². The Morgan fingerprint density at radius 2 is 2.12 bits per heavy atom. The fraction of sp³-hybridized carbons (Fsp3) is 0.0909. The summed E-state index contributed by atoms with van der Waals surface area (Å²) in [7, 11) is 0. The molecule has 2 rings (SSSR count). The number of carbonyl (C=O) groups is 1. The van der Waals surface area contributed by atoms with Crippen LogP contribution < -0.4 is 11.1 Å². The van der Waals surface area contributed by atoms with E-state index in [2.05, 4.69) is 15.0 Å². The van der Waals surface area contributed by atoms with Gasteiger partial charge in [-0.1, -0.05) is 17.3 Å². The minimum absolute atomic E-state index is 0.118. The lowest BCUT2D eigenvalue weighted by Crippen LogP contribution is -2.13. The number of hydrogen-bond acceptors (Lipinski definition) is 4. The van der Waals surface area contributed by atoms with Gasteiger partial charge in [0.1, 0.15) is 12.0 Å². The number of benzene rings is 1. The molecule has 0 spiro atoms. The van der Waals surface area contributed by atoms with Gasteiger partial charge in [-0.3, -0.25) is 4.79 Å². The van der Waals surface area contributed by atoms with Crippen molar-refractivity contribution >= 4 is 17.3 Å². The molecule has 1 heterocycles. The maximum absolute atomic E-state index is 11.6. The maximum Gasteiger partial charge on any atom is 0.228 e. The van der Waals surface area contributed by atoms with Gasteiger partial charge in [-0.15, -0.1) is 0 Å². The van der Waals surface area contributed by atoms with E-state index in [4.69, 9.17) is 5.73 Å².